The summed E-state index contributed by atoms with van der Waals surface area (Å²) >= 11 is 0. The van der Waals surface area contributed by atoms with Crippen molar-refractivity contribution in [2.75, 3.05) is 0 Å². The van der Waals surface area contributed by atoms with Crippen LogP contribution in [0, 0.1) is 0 Å². The van der Waals surface area contributed by atoms with E-state index < -0.39 is 40.5 Å². The number of hydrogen-bond donors (Lipinski definition) is 3. The summed E-state index contributed by atoms with van der Waals surface area (Å²) in [4.78, 5) is 36.7. The molecule has 39 heavy (non-hydrogen) atoms. The SMILES string of the molecule is CCCCCCCCCCCCCCCCCC/C=C/[N+](C(CC)C(=O)O)(C(CC)C(=O)O)C(CC)C(=O)O. The van der Waals surface area contributed by atoms with Crippen molar-refractivity contribution < 1.29 is 34.2 Å². The lowest BCUT2D eigenvalue weighted by Crippen LogP contribution is -2.69. The number of aliphatic carboxylic acids is 3. The molecule has 0 heterocycles. The van der Waals surface area contributed by atoms with Crippen molar-refractivity contribution in [2.45, 2.75) is 174 Å². The fourth-order valence-electron chi connectivity index (χ4n) is 6.08. The van der Waals surface area contributed by atoms with Gasteiger partial charge in [-0.2, -0.15) is 0 Å². The number of carboxylic acid groups (broad SMARTS) is 3. The summed E-state index contributed by atoms with van der Waals surface area (Å²) in [5, 5.41) is 29.9. The van der Waals surface area contributed by atoms with E-state index in [1.165, 1.54) is 83.5 Å². The Hall–Kier alpha value is -1.89. The number of hydrogen-bond acceptors (Lipinski definition) is 3. The highest BCUT2D eigenvalue weighted by atomic mass is 16.4. The van der Waals surface area contributed by atoms with Gasteiger partial charge in [0.2, 0.25) is 0 Å². The molecule has 0 aromatic rings. The van der Waals surface area contributed by atoms with Gasteiger partial charge < -0.3 is 15.3 Å². The Kier molecular flexibility index (Phi) is 21.8. The van der Waals surface area contributed by atoms with E-state index in [0.717, 1.165) is 19.3 Å². The van der Waals surface area contributed by atoms with Gasteiger partial charge in [-0.1, -0.05) is 124 Å². The Morgan fingerprint density at radius 1 is 0.513 bits per heavy atom. The molecular formula is C32H60NO6+. The van der Waals surface area contributed by atoms with E-state index in [4.69, 9.17) is 0 Å². The lowest BCUT2D eigenvalue weighted by Gasteiger charge is -2.46. The fraction of sp³-hybridized carbons (Fsp3) is 0.844. The Morgan fingerprint density at radius 3 is 1.05 bits per heavy atom. The van der Waals surface area contributed by atoms with Gasteiger partial charge >= 0.3 is 17.9 Å². The first-order valence-corrected chi connectivity index (χ1v) is 16.0. The maximum absolute atomic E-state index is 12.2. The number of carbonyl (C=O) groups is 3. The van der Waals surface area contributed by atoms with Gasteiger partial charge in [0.1, 0.15) is 0 Å². The highest BCUT2D eigenvalue weighted by Gasteiger charge is 2.55. The third-order valence-corrected chi connectivity index (χ3v) is 8.22. The molecule has 0 spiro atoms. The second-order valence-electron chi connectivity index (χ2n) is 11.2. The maximum atomic E-state index is 12.2. The van der Waals surface area contributed by atoms with Crippen LogP contribution >= 0.6 is 0 Å². The van der Waals surface area contributed by atoms with Gasteiger partial charge in [0, 0.05) is 19.3 Å². The molecule has 0 aliphatic rings. The zero-order chi connectivity index (χ0) is 29.5. The van der Waals surface area contributed by atoms with Crippen molar-refractivity contribution in [3.8, 4) is 0 Å². The van der Waals surface area contributed by atoms with Crippen LogP contribution in [0.25, 0.3) is 0 Å². The van der Waals surface area contributed by atoms with Crippen LogP contribution in [0.3, 0.4) is 0 Å². The molecular weight excluding hydrogens is 494 g/mol. The number of carboxylic acids is 3. The van der Waals surface area contributed by atoms with Crippen molar-refractivity contribution in [1.82, 2.24) is 0 Å². The lowest BCUT2D eigenvalue weighted by atomic mass is 9.95. The number of rotatable bonds is 27. The number of allylic oxidation sites excluding steroid dienone is 1. The molecule has 0 bridgehead atoms. The molecule has 0 rings (SSSR count). The fourth-order valence-corrected chi connectivity index (χ4v) is 6.08. The van der Waals surface area contributed by atoms with Crippen molar-refractivity contribution in [3.63, 3.8) is 0 Å². The van der Waals surface area contributed by atoms with E-state index in [1.807, 2.05) is 6.08 Å². The quantitative estimate of drug-likeness (QED) is 0.0692. The summed E-state index contributed by atoms with van der Waals surface area (Å²) in [6, 6.07) is -3.43. The Bertz CT molecular complexity index is 637. The third kappa shape index (κ3) is 13.8. The minimum atomic E-state index is -1.16. The van der Waals surface area contributed by atoms with Crippen molar-refractivity contribution in [3.05, 3.63) is 12.3 Å². The Labute approximate surface area is 238 Å². The minimum absolute atomic E-state index is 0.145. The van der Waals surface area contributed by atoms with E-state index in [9.17, 15) is 29.7 Å². The van der Waals surface area contributed by atoms with Crippen LogP contribution < -0.4 is 0 Å². The number of quaternary nitrogens is 1. The van der Waals surface area contributed by atoms with Crippen LogP contribution in [0.5, 0.6) is 0 Å². The molecule has 0 saturated carbocycles. The molecule has 7 nitrogen and oxygen atoms in total. The van der Waals surface area contributed by atoms with Gasteiger partial charge in [-0.05, 0) is 18.9 Å². The second kappa shape index (κ2) is 22.9. The molecule has 228 valence electrons. The molecule has 0 fully saturated rings. The number of unbranched alkanes of at least 4 members (excludes halogenated alkanes) is 16. The first-order valence-electron chi connectivity index (χ1n) is 16.0. The summed E-state index contributed by atoms with van der Waals surface area (Å²) in [5.41, 5.74) is 0. The van der Waals surface area contributed by atoms with Crippen LogP contribution in [0.1, 0.15) is 156 Å². The predicted molar refractivity (Wildman–Crippen MR) is 159 cm³/mol. The first kappa shape index (κ1) is 37.1. The van der Waals surface area contributed by atoms with Crippen molar-refractivity contribution >= 4 is 17.9 Å². The summed E-state index contributed by atoms with van der Waals surface area (Å²) < 4.78 is -0.581. The largest absolute Gasteiger partial charge is 0.477 e. The third-order valence-electron chi connectivity index (χ3n) is 8.22. The van der Waals surface area contributed by atoms with Crippen LogP contribution in [-0.2, 0) is 14.4 Å². The molecule has 7 heteroatoms. The van der Waals surface area contributed by atoms with Crippen LogP contribution in [0.4, 0.5) is 0 Å². The molecule has 0 aromatic carbocycles. The van der Waals surface area contributed by atoms with Crippen LogP contribution in [-0.4, -0.2) is 55.8 Å². The predicted octanol–water partition coefficient (Wildman–Crippen LogP) is 8.56. The highest BCUT2D eigenvalue weighted by Crippen LogP contribution is 2.32. The summed E-state index contributed by atoms with van der Waals surface area (Å²) in [6.45, 7) is 7.30. The van der Waals surface area contributed by atoms with Crippen LogP contribution in [0.2, 0.25) is 0 Å². The average molecular weight is 555 g/mol. The van der Waals surface area contributed by atoms with Gasteiger partial charge in [-0.15, -0.1) is 0 Å². The van der Waals surface area contributed by atoms with Gasteiger partial charge in [0.15, 0.2) is 18.1 Å². The second-order valence-corrected chi connectivity index (χ2v) is 11.2. The highest BCUT2D eigenvalue weighted by molar-refractivity contribution is 5.78. The standard InChI is InChI=1S/C32H59NO6/c1-5-9-10-11-12-13-14-15-16-17-18-19-20-21-22-23-24-25-26-33(27(6-2)30(34)35,28(7-3)31(36)37)29(8-4)32(38)39/h25-29H,5-24H2,1-4H3,(H2-,34,35,36,37,38,39)/p+1/b26-25+. The first-order chi connectivity index (χ1) is 18.7. The molecule has 0 amide bonds. The van der Waals surface area contributed by atoms with E-state index in [1.54, 1.807) is 27.0 Å². The molecule has 0 aromatic heterocycles. The van der Waals surface area contributed by atoms with Crippen molar-refractivity contribution in [1.29, 1.82) is 0 Å². The molecule has 0 aliphatic carbocycles. The van der Waals surface area contributed by atoms with E-state index in [0.29, 0.717) is 6.42 Å². The zero-order valence-corrected chi connectivity index (χ0v) is 25.5. The summed E-state index contributed by atoms with van der Waals surface area (Å²) in [5.74, 6) is -3.49. The van der Waals surface area contributed by atoms with E-state index in [-0.39, 0.29) is 19.3 Å². The normalized spacial score (nSPS) is 15.6. The van der Waals surface area contributed by atoms with E-state index in [2.05, 4.69) is 6.92 Å². The molecule has 0 saturated heterocycles. The van der Waals surface area contributed by atoms with Gasteiger partial charge in [0.05, 0.1) is 6.20 Å². The summed E-state index contributed by atoms with van der Waals surface area (Å²) in [6.07, 6.45) is 25.1. The number of nitrogens with zero attached hydrogens (tertiary/aromatic N) is 1. The van der Waals surface area contributed by atoms with Crippen molar-refractivity contribution in [2.24, 2.45) is 0 Å². The average Bonchev–Trinajstić information content (AvgIpc) is 2.88. The van der Waals surface area contributed by atoms with Gasteiger partial charge in [-0.25, -0.2) is 14.4 Å². The maximum Gasteiger partial charge on any atom is 0.362 e. The molecule has 3 N–H and O–H groups in total. The minimum Gasteiger partial charge on any atom is -0.477 e. The molecule has 0 radical (unpaired) electrons. The smallest absolute Gasteiger partial charge is 0.362 e. The Morgan fingerprint density at radius 2 is 0.795 bits per heavy atom. The van der Waals surface area contributed by atoms with Gasteiger partial charge in [-0.3, -0.25) is 4.48 Å². The molecule has 0 aliphatic heterocycles. The monoisotopic (exact) mass is 554 g/mol. The summed E-state index contributed by atoms with van der Waals surface area (Å²) in [7, 11) is 0. The topological polar surface area (TPSA) is 112 Å². The molecule has 3 atom stereocenters. The molecule has 3 unspecified atom stereocenters. The Balaban J connectivity index is 4.67. The van der Waals surface area contributed by atoms with Gasteiger partial charge in [0.25, 0.3) is 0 Å². The van der Waals surface area contributed by atoms with E-state index >= 15 is 0 Å². The zero-order valence-electron chi connectivity index (χ0n) is 25.5. The lowest BCUT2D eigenvalue weighted by molar-refractivity contribution is -0.927. The van der Waals surface area contributed by atoms with Crippen LogP contribution in [0.15, 0.2) is 12.3 Å².